The molecular weight excluding hydrogens is 378 g/mol. The van der Waals surface area contributed by atoms with Gasteiger partial charge < -0.3 is 14.6 Å². The number of halogens is 1. The zero-order valence-electron chi connectivity index (χ0n) is 14.4. The number of phenolic OH excluding ortho intramolecular Hbond substituents is 1. The summed E-state index contributed by atoms with van der Waals surface area (Å²) in [7, 11) is 1.34. The Morgan fingerprint density at radius 1 is 1.37 bits per heavy atom. The van der Waals surface area contributed by atoms with Crippen molar-refractivity contribution in [2.24, 2.45) is 5.10 Å². The van der Waals surface area contributed by atoms with E-state index in [1.165, 1.54) is 37.6 Å². The molecule has 0 aliphatic carbocycles. The summed E-state index contributed by atoms with van der Waals surface area (Å²) in [6.45, 7) is 2.08. The van der Waals surface area contributed by atoms with E-state index in [2.05, 4.69) is 10.5 Å². The monoisotopic (exact) mass is 393 g/mol. The van der Waals surface area contributed by atoms with Gasteiger partial charge >= 0.3 is 0 Å². The van der Waals surface area contributed by atoms with Crippen LogP contribution in [0.5, 0.6) is 17.2 Å². The van der Waals surface area contributed by atoms with Gasteiger partial charge in [-0.1, -0.05) is 11.6 Å². The number of ether oxygens (including phenoxy) is 2. The van der Waals surface area contributed by atoms with Crippen LogP contribution in [-0.2, 0) is 0 Å². The number of nitrogens with zero attached hydrogens (tertiary/aromatic N) is 2. The van der Waals surface area contributed by atoms with Crippen LogP contribution in [0.2, 0.25) is 5.02 Å². The molecule has 2 aromatic rings. The van der Waals surface area contributed by atoms with Gasteiger partial charge in [0.15, 0.2) is 11.5 Å². The highest BCUT2D eigenvalue weighted by Crippen LogP contribution is 2.34. The number of amides is 1. The quantitative estimate of drug-likeness (QED) is 0.423. The highest BCUT2D eigenvalue weighted by molar-refractivity contribution is 6.32. The molecule has 0 saturated heterocycles. The van der Waals surface area contributed by atoms with Gasteiger partial charge in [0.1, 0.15) is 5.75 Å². The minimum atomic E-state index is -0.693. The maximum Gasteiger partial charge on any atom is 0.275 e. The number of hydrogen-bond acceptors (Lipinski definition) is 7. The summed E-state index contributed by atoms with van der Waals surface area (Å²) in [5.74, 6) is -0.541. The Hall–Kier alpha value is -3.33. The van der Waals surface area contributed by atoms with Crippen molar-refractivity contribution in [1.29, 1.82) is 0 Å². The van der Waals surface area contributed by atoms with E-state index in [0.717, 1.165) is 6.07 Å². The lowest BCUT2D eigenvalue weighted by Crippen LogP contribution is -2.18. The van der Waals surface area contributed by atoms with E-state index < -0.39 is 10.8 Å². The van der Waals surface area contributed by atoms with Gasteiger partial charge in [0.05, 0.1) is 35.4 Å². The molecule has 0 atom stereocenters. The second-order valence-electron chi connectivity index (χ2n) is 5.12. The number of phenols is 1. The van der Waals surface area contributed by atoms with E-state index in [9.17, 15) is 20.0 Å². The van der Waals surface area contributed by atoms with Crippen LogP contribution in [-0.4, -0.2) is 35.9 Å². The second kappa shape index (κ2) is 8.86. The molecule has 0 heterocycles. The number of non-ortho nitro benzene ring substituents is 1. The largest absolute Gasteiger partial charge is 0.503 e. The van der Waals surface area contributed by atoms with Gasteiger partial charge in [-0.05, 0) is 30.7 Å². The molecule has 10 heteroatoms. The zero-order valence-corrected chi connectivity index (χ0v) is 15.2. The van der Waals surface area contributed by atoms with Crippen LogP contribution in [0, 0.1) is 10.1 Å². The lowest BCUT2D eigenvalue weighted by atomic mass is 10.1. The van der Waals surface area contributed by atoms with Crippen molar-refractivity contribution >= 4 is 29.4 Å². The Bertz CT molecular complexity index is 900. The Labute approximate surface area is 159 Å². The van der Waals surface area contributed by atoms with Gasteiger partial charge in [-0.15, -0.1) is 0 Å². The molecule has 0 unspecified atom stereocenters. The third kappa shape index (κ3) is 4.85. The van der Waals surface area contributed by atoms with E-state index in [1.54, 1.807) is 6.92 Å². The predicted molar refractivity (Wildman–Crippen MR) is 99.0 cm³/mol. The number of rotatable bonds is 7. The summed E-state index contributed by atoms with van der Waals surface area (Å²) in [4.78, 5) is 22.5. The number of hydrazone groups is 1. The van der Waals surface area contributed by atoms with Crippen LogP contribution >= 0.6 is 11.6 Å². The maximum absolute atomic E-state index is 12.3. The molecule has 9 nitrogen and oxygen atoms in total. The molecule has 0 spiro atoms. The fourth-order valence-corrected chi connectivity index (χ4v) is 2.37. The zero-order chi connectivity index (χ0) is 20.0. The molecular formula is C17H16ClN3O6. The van der Waals surface area contributed by atoms with Crippen molar-refractivity contribution in [3.63, 3.8) is 0 Å². The standard InChI is InChI=1S/C17H16ClN3O6/c1-3-27-15-7-10(6-13(18)16(15)22)9-19-20-17(23)12-8-11(21(24)25)4-5-14(12)26-2/h4-9,22H,3H2,1-2H3,(H,20,23)/b19-9-. The molecule has 0 fully saturated rings. The number of nitro groups is 1. The van der Waals surface area contributed by atoms with Crippen LogP contribution < -0.4 is 14.9 Å². The molecule has 0 aromatic heterocycles. The fourth-order valence-electron chi connectivity index (χ4n) is 2.15. The van der Waals surface area contributed by atoms with Gasteiger partial charge in [0, 0.05) is 12.1 Å². The molecule has 0 aliphatic rings. The van der Waals surface area contributed by atoms with Crippen LogP contribution in [0.1, 0.15) is 22.8 Å². The summed E-state index contributed by atoms with van der Waals surface area (Å²) in [5, 5.41) is 24.5. The van der Waals surface area contributed by atoms with Crippen LogP contribution in [0.3, 0.4) is 0 Å². The van der Waals surface area contributed by atoms with E-state index in [1.807, 2.05) is 0 Å². The Kier molecular flexibility index (Phi) is 6.56. The topological polar surface area (TPSA) is 123 Å². The third-order valence-electron chi connectivity index (χ3n) is 3.37. The van der Waals surface area contributed by atoms with Gasteiger partial charge in [0.25, 0.3) is 11.6 Å². The number of carbonyl (C=O) groups is 1. The van der Waals surface area contributed by atoms with E-state index >= 15 is 0 Å². The molecule has 0 bridgehead atoms. The van der Waals surface area contributed by atoms with Gasteiger partial charge in [-0.25, -0.2) is 5.43 Å². The van der Waals surface area contributed by atoms with E-state index in [4.69, 9.17) is 21.1 Å². The fraction of sp³-hybridized carbons (Fsp3) is 0.176. The molecule has 1 amide bonds. The van der Waals surface area contributed by atoms with Crippen molar-refractivity contribution in [2.45, 2.75) is 6.92 Å². The first kappa shape index (κ1) is 20.0. The normalized spacial score (nSPS) is 10.6. The Morgan fingerprint density at radius 3 is 2.74 bits per heavy atom. The van der Waals surface area contributed by atoms with Gasteiger partial charge in [-0.3, -0.25) is 14.9 Å². The highest BCUT2D eigenvalue weighted by atomic mass is 35.5. The molecule has 0 saturated carbocycles. The number of nitrogens with one attached hydrogen (secondary N) is 1. The van der Waals surface area contributed by atoms with E-state index in [-0.39, 0.29) is 33.5 Å². The van der Waals surface area contributed by atoms with Crippen molar-refractivity contribution < 1.29 is 24.3 Å². The van der Waals surface area contributed by atoms with Crippen LogP contribution in [0.4, 0.5) is 5.69 Å². The molecule has 2 rings (SSSR count). The predicted octanol–water partition coefficient (Wildman–Crippen LogP) is 3.13. The first-order chi connectivity index (χ1) is 12.9. The Balaban J connectivity index is 2.20. The van der Waals surface area contributed by atoms with Gasteiger partial charge in [-0.2, -0.15) is 5.10 Å². The molecule has 0 radical (unpaired) electrons. The molecule has 0 aliphatic heterocycles. The first-order valence-electron chi connectivity index (χ1n) is 7.68. The molecule has 2 aromatic carbocycles. The minimum absolute atomic E-state index is 0.0393. The lowest BCUT2D eigenvalue weighted by molar-refractivity contribution is -0.384. The average Bonchev–Trinajstić information content (AvgIpc) is 2.65. The van der Waals surface area contributed by atoms with Crippen molar-refractivity contribution in [2.75, 3.05) is 13.7 Å². The number of aromatic hydroxyl groups is 1. The number of nitro benzene ring substituents is 1. The minimum Gasteiger partial charge on any atom is -0.503 e. The number of hydrogen-bond donors (Lipinski definition) is 2. The van der Waals surface area contributed by atoms with E-state index in [0.29, 0.717) is 12.2 Å². The summed E-state index contributed by atoms with van der Waals surface area (Å²) in [5.41, 5.74) is 2.43. The van der Waals surface area contributed by atoms with Crippen molar-refractivity contribution in [1.82, 2.24) is 5.43 Å². The first-order valence-corrected chi connectivity index (χ1v) is 8.06. The highest BCUT2D eigenvalue weighted by Gasteiger charge is 2.17. The van der Waals surface area contributed by atoms with Gasteiger partial charge in [0.2, 0.25) is 0 Å². The number of benzene rings is 2. The molecule has 2 N–H and O–H groups in total. The number of methoxy groups -OCH3 is 1. The van der Waals surface area contributed by atoms with Crippen molar-refractivity contribution in [3.8, 4) is 17.2 Å². The molecule has 27 heavy (non-hydrogen) atoms. The summed E-state index contributed by atoms with van der Waals surface area (Å²) >= 11 is 5.92. The third-order valence-corrected chi connectivity index (χ3v) is 3.66. The molecule has 142 valence electrons. The van der Waals surface area contributed by atoms with Crippen LogP contribution in [0.25, 0.3) is 0 Å². The number of carbonyl (C=O) groups excluding carboxylic acids is 1. The summed E-state index contributed by atoms with van der Waals surface area (Å²) < 4.78 is 10.3. The lowest BCUT2D eigenvalue weighted by Gasteiger charge is -2.08. The van der Waals surface area contributed by atoms with Crippen molar-refractivity contribution in [3.05, 3.63) is 56.6 Å². The summed E-state index contributed by atoms with van der Waals surface area (Å²) in [6, 6.07) is 6.57. The average molecular weight is 394 g/mol. The summed E-state index contributed by atoms with van der Waals surface area (Å²) in [6.07, 6.45) is 1.29. The smallest absolute Gasteiger partial charge is 0.275 e. The van der Waals surface area contributed by atoms with Crippen LogP contribution in [0.15, 0.2) is 35.4 Å². The second-order valence-corrected chi connectivity index (χ2v) is 5.53. The SMILES string of the molecule is CCOc1cc(/C=N\NC(=O)c2cc([N+](=O)[O-])ccc2OC)cc(Cl)c1O. The maximum atomic E-state index is 12.3. The Morgan fingerprint density at radius 2 is 2.11 bits per heavy atom.